The molecule has 1 aliphatic heterocycles. The molecular weight excluding hydrogens is 419 g/mol. The van der Waals surface area contributed by atoms with E-state index < -0.39 is 20.9 Å². The number of nitriles is 1. The summed E-state index contributed by atoms with van der Waals surface area (Å²) in [6.07, 6.45) is -0.196. The minimum atomic E-state index is -4.17. The summed E-state index contributed by atoms with van der Waals surface area (Å²) in [7, 11) is -4.17. The number of aromatic nitrogens is 2. The zero-order valence-electron chi connectivity index (χ0n) is 17.1. The Hall–Kier alpha value is -3.09. The molecule has 0 bridgehead atoms. The second kappa shape index (κ2) is 8.21. The van der Waals surface area contributed by atoms with Crippen LogP contribution >= 0.6 is 0 Å². The first kappa shape index (κ1) is 21.2. The van der Waals surface area contributed by atoms with Gasteiger partial charge < -0.3 is 9.64 Å². The predicted octanol–water partition coefficient (Wildman–Crippen LogP) is 3.42. The van der Waals surface area contributed by atoms with Crippen LogP contribution < -0.4 is 4.90 Å². The zero-order chi connectivity index (χ0) is 22.2. The van der Waals surface area contributed by atoms with E-state index in [1.54, 1.807) is 18.2 Å². The van der Waals surface area contributed by atoms with Crippen LogP contribution in [0, 0.1) is 17.1 Å². The van der Waals surface area contributed by atoms with E-state index in [4.69, 9.17) is 9.72 Å². The molecule has 0 saturated carbocycles. The number of para-hydroxylation sites is 2. The molecule has 1 fully saturated rings. The van der Waals surface area contributed by atoms with Gasteiger partial charge in [0.1, 0.15) is 11.5 Å². The number of rotatable bonds is 4. The average Bonchev–Trinajstić information content (AvgIpc) is 2.73. The van der Waals surface area contributed by atoms with Crippen LogP contribution in [0.3, 0.4) is 0 Å². The van der Waals surface area contributed by atoms with Crippen molar-refractivity contribution in [2.45, 2.75) is 36.2 Å². The largest absolute Gasteiger partial charge is 0.372 e. The fourth-order valence-corrected chi connectivity index (χ4v) is 5.18. The van der Waals surface area contributed by atoms with Crippen LogP contribution in [0.15, 0.2) is 53.4 Å². The molecular formula is C22H21FN4O3S. The van der Waals surface area contributed by atoms with Crippen molar-refractivity contribution in [1.29, 1.82) is 5.26 Å². The van der Waals surface area contributed by atoms with Crippen molar-refractivity contribution in [2.75, 3.05) is 18.0 Å². The van der Waals surface area contributed by atoms with Crippen LogP contribution in [0.1, 0.15) is 24.8 Å². The summed E-state index contributed by atoms with van der Waals surface area (Å²) in [5.74, 6) is -0.215. The molecule has 0 unspecified atom stereocenters. The number of sulfone groups is 1. The summed E-state index contributed by atoms with van der Waals surface area (Å²) in [6.45, 7) is 4.82. The summed E-state index contributed by atoms with van der Waals surface area (Å²) >= 11 is 0. The molecule has 160 valence electrons. The van der Waals surface area contributed by atoms with Crippen molar-refractivity contribution in [3.63, 3.8) is 0 Å². The molecule has 9 heteroatoms. The number of hydrogen-bond donors (Lipinski definition) is 0. The molecule has 0 spiro atoms. The first-order chi connectivity index (χ1) is 14.8. The van der Waals surface area contributed by atoms with Crippen molar-refractivity contribution >= 4 is 26.7 Å². The highest BCUT2D eigenvalue weighted by Gasteiger charge is 2.36. The van der Waals surface area contributed by atoms with E-state index in [1.807, 2.05) is 30.9 Å². The fraction of sp³-hybridized carbons (Fsp3) is 0.318. The molecule has 31 heavy (non-hydrogen) atoms. The number of fused-ring (bicyclic) bond motifs is 1. The number of halogens is 1. The Bertz CT molecular complexity index is 1250. The number of hydrogen-bond acceptors (Lipinski definition) is 7. The molecule has 1 aromatic heterocycles. The van der Waals surface area contributed by atoms with Gasteiger partial charge in [0.05, 0.1) is 34.2 Å². The minimum absolute atomic E-state index is 0.0619. The lowest BCUT2D eigenvalue weighted by molar-refractivity contribution is -0.00550. The Morgan fingerprint density at radius 1 is 1.06 bits per heavy atom. The lowest BCUT2D eigenvalue weighted by atomic mass is 10.2. The maximum atomic E-state index is 13.3. The summed E-state index contributed by atoms with van der Waals surface area (Å²) in [6, 6.07) is 13.4. The van der Waals surface area contributed by atoms with E-state index in [-0.39, 0.29) is 22.8 Å². The van der Waals surface area contributed by atoms with E-state index in [2.05, 4.69) is 4.98 Å². The molecule has 3 aromatic rings. The number of anilines is 1. The normalized spacial score (nSPS) is 20.4. The van der Waals surface area contributed by atoms with Crippen LogP contribution in [0.4, 0.5) is 10.2 Å². The second-order valence-corrected chi connectivity index (χ2v) is 9.62. The Morgan fingerprint density at radius 2 is 1.65 bits per heavy atom. The molecule has 3 atom stereocenters. The average molecular weight is 441 g/mol. The van der Waals surface area contributed by atoms with Gasteiger partial charge >= 0.3 is 0 Å². The highest BCUT2D eigenvalue weighted by atomic mass is 32.2. The third-order valence-corrected chi connectivity index (χ3v) is 6.99. The number of morpholine rings is 1. The van der Waals surface area contributed by atoms with E-state index >= 15 is 0 Å². The molecule has 0 radical (unpaired) electrons. The van der Waals surface area contributed by atoms with Crippen LogP contribution in [0.2, 0.25) is 0 Å². The Labute approximate surface area is 180 Å². The van der Waals surface area contributed by atoms with Crippen molar-refractivity contribution < 1.29 is 17.5 Å². The molecule has 2 aromatic carbocycles. The molecule has 1 saturated heterocycles. The van der Waals surface area contributed by atoms with Crippen LogP contribution in [-0.4, -0.2) is 43.7 Å². The SMILES string of the molecule is C[C@H]1CN(c2nc3ccccc3nc2[C@@H](C#N)S(=O)(=O)c2ccc(F)cc2)C[C@H](C)O1. The van der Waals surface area contributed by atoms with Gasteiger partial charge in [0, 0.05) is 13.1 Å². The monoisotopic (exact) mass is 440 g/mol. The Kier molecular flexibility index (Phi) is 5.60. The van der Waals surface area contributed by atoms with Crippen LogP contribution in [0.5, 0.6) is 0 Å². The molecule has 4 rings (SSSR count). The van der Waals surface area contributed by atoms with Crippen molar-refractivity contribution in [3.05, 3.63) is 60.0 Å². The topological polar surface area (TPSA) is 96.2 Å². The number of ether oxygens (including phenoxy) is 1. The molecule has 0 N–H and O–H groups in total. The van der Waals surface area contributed by atoms with Gasteiger partial charge in [-0.2, -0.15) is 5.26 Å². The predicted molar refractivity (Wildman–Crippen MR) is 114 cm³/mol. The lowest BCUT2D eigenvalue weighted by Gasteiger charge is -2.37. The number of nitrogens with zero attached hydrogens (tertiary/aromatic N) is 4. The molecule has 0 aliphatic carbocycles. The highest BCUT2D eigenvalue weighted by Crippen LogP contribution is 2.35. The Morgan fingerprint density at radius 3 is 2.23 bits per heavy atom. The van der Waals surface area contributed by atoms with Crippen LogP contribution in [-0.2, 0) is 14.6 Å². The van der Waals surface area contributed by atoms with Crippen molar-refractivity contribution in [3.8, 4) is 6.07 Å². The Balaban J connectivity index is 1.90. The van der Waals surface area contributed by atoms with Gasteiger partial charge in [0.25, 0.3) is 0 Å². The molecule has 1 aliphatic rings. The summed E-state index contributed by atoms with van der Waals surface area (Å²) in [5, 5.41) is 8.32. The lowest BCUT2D eigenvalue weighted by Crippen LogP contribution is -2.46. The van der Waals surface area contributed by atoms with Gasteiger partial charge in [-0.3, -0.25) is 0 Å². The third-order valence-electron chi connectivity index (χ3n) is 5.12. The first-order valence-corrected chi connectivity index (χ1v) is 11.4. The van der Waals surface area contributed by atoms with Gasteiger partial charge in [-0.15, -0.1) is 0 Å². The van der Waals surface area contributed by atoms with Gasteiger partial charge in [0.15, 0.2) is 11.1 Å². The molecule has 7 nitrogen and oxygen atoms in total. The van der Waals surface area contributed by atoms with Gasteiger partial charge in [-0.1, -0.05) is 12.1 Å². The maximum absolute atomic E-state index is 13.3. The van der Waals surface area contributed by atoms with Gasteiger partial charge in [-0.05, 0) is 50.2 Å². The fourth-order valence-electron chi connectivity index (χ4n) is 3.80. The van der Waals surface area contributed by atoms with Crippen LogP contribution in [0.25, 0.3) is 11.0 Å². The van der Waals surface area contributed by atoms with E-state index in [0.717, 1.165) is 24.3 Å². The second-order valence-electron chi connectivity index (χ2n) is 7.59. The maximum Gasteiger partial charge on any atom is 0.200 e. The summed E-state index contributed by atoms with van der Waals surface area (Å²) in [4.78, 5) is 11.0. The first-order valence-electron chi connectivity index (χ1n) is 9.85. The highest BCUT2D eigenvalue weighted by molar-refractivity contribution is 7.92. The van der Waals surface area contributed by atoms with Gasteiger partial charge in [0.2, 0.25) is 9.84 Å². The third kappa shape index (κ3) is 4.09. The molecule has 2 heterocycles. The number of benzene rings is 2. The smallest absolute Gasteiger partial charge is 0.200 e. The minimum Gasteiger partial charge on any atom is -0.372 e. The quantitative estimate of drug-likeness (QED) is 0.574. The van der Waals surface area contributed by atoms with E-state index in [1.165, 1.54) is 0 Å². The summed E-state index contributed by atoms with van der Waals surface area (Å²) < 4.78 is 45.8. The van der Waals surface area contributed by atoms with Crippen molar-refractivity contribution in [1.82, 2.24) is 9.97 Å². The zero-order valence-corrected chi connectivity index (χ0v) is 17.9. The molecule has 0 amide bonds. The van der Waals surface area contributed by atoms with Gasteiger partial charge in [-0.25, -0.2) is 22.8 Å². The van der Waals surface area contributed by atoms with E-state index in [9.17, 15) is 18.1 Å². The van der Waals surface area contributed by atoms with E-state index in [0.29, 0.717) is 29.9 Å². The van der Waals surface area contributed by atoms with Crippen molar-refractivity contribution in [2.24, 2.45) is 0 Å². The summed E-state index contributed by atoms with van der Waals surface area (Å²) in [5.41, 5.74) is 1.15. The standard InChI is InChI=1S/C22H21FN4O3S/c1-14-12-27(13-15(2)30-14)22-21(25-18-5-3-4-6-19(18)26-22)20(11-24)31(28,29)17-9-7-16(23)8-10-17/h3-10,14-15,20H,12-13H2,1-2H3/t14-,15-,20+/m0/s1.